The van der Waals surface area contributed by atoms with Crippen LogP contribution < -0.4 is 5.73 Å². The van der Waals surface area contributed by atoms with Gasteiger partial charge in [0.1, 0.15) is 12.6 Å². The Labute approximate surface area is 360 Å². The SMILES string of the molecule is CCCCC/C=C/C/C=C/CCCCCCCC(=O)OC[C@H](COP(=O)(O)OC[C@H](N)C(=O)O)OC(=O)CCCCCCCCCCCCCCCCCCCCCC. The molecular formula is C47H88NO10P. The van der Waals surface area contributed by atoms with Crippen LogP contribution in [-0.2, 0) is 37.5 Å². The topological polar surface area (TPSA) is 172 Å². The quantitative estimate of drug-likeness (QED) is 0.0230. The number of hydrogen-bond donors (Lipinski definition) is 3. The van der Waals surface area contributed by atoms with E-state index in [9.17, 15) is 23.8 Å². The van der Waals surface area contributed by atoms with E-state index in [1.165, 1.54) is 122 Å². The first kappa shape index (κ1) is 57.0. The molecule has 3 atom stereocenters. The lowest BCUT2D eigenvalue weighted by atomic mass is 10.0. The van der Waals surface area contributed by atoms with Crippen LogP contribution in [0.5, 0.6) is 0 Å². The van der Waals surface area contributed by atoms with Gasteiger partial charge in [0.25, 0.3) is 0 Å². The number of carboxylic acids is 1. The molecule has 0 amide bonds. The average molecular weight is 858 g/mol. The van der Waals surface area contributed by atoms with Gasteiger partial charge in [-0.3, -0.25) is 23.4 Å². The van der Waals surface area contributed by atoms with E-state index in [0.717, 1.165) is 64.2 Å². The monoisotopic (exact) mass is 858 g/mol. The van der Waals surface area contributed by atoms with Crippen LogP contribution in [0.2, 0.25) is 0 Å². The molecule has 59 heavy (non-hydrogen) atoms. The summed E-state index contributed by atoms with van der Waals surface area (Å²) in [6.45, 7) is 2.80. The molecule has 0 aliphatic heterocycles. The summed E-state index contributed by atoms with van der Waals surface area (Å²) in [5, 5.41) is 8.90. The number of carboxylic acid groups (broad SMARTS) is 1. The summed E-state index contributed by atoms with van der Waals surface area (Å²) < 4.78 is 32.8. The summed E-state index contributed by atoms with van der Waals surface area (Å²) in [6, 6.07) is -1.52. The van der Waals surface area contributed by atoms with Gasteiger partial charge in [-0.15, -0.1) is 0 Å². The minimum atomic E-state index is -4.72. The Bertz CT molecular complexity index is 1100. The first-order valence-electron chi connectivity index (χ1n) is 23.9. The number of aliphatic carboxylic acids is 1. The molecule has 0 spiro atoms. The maximum atomic E-state index is 12.7. The molecule has 0 aromatic rings. The van der Waals surface area contributed by atoms with E-state index in [-0.39, 0.29) is 19.4 Å². The third-order valence-corrected chi connectivity index (χ3v) is 11.4. The summed E-state index contributed by atoms with van der Waals surface area (Å²) in [6.07, 6.45) is 45.2. The van der Waals surface area contributed by atoms with Crippen LogP contribution in [0.4, 0.5) is 0 Å². The molecule has 0 heterocycles. The number of phosphoric acid groups is 1. The van der Waals surface area contributed by atoms with Crippen molar-refractivity contribution in [1.29, 1.82) is 0 Å². The number of hydrogen-bond acceptors (Lipinski definition) is 9. The second kappa shape index (κ2) is 42.6. The molecule has 1 unspecified atom stereocenters. The number of nitrogens with two attached hydrogens (primary N) is 1. The lowest BCUT2D eigenvalue weighted by Gasteiger charge is -2.20. The van der Waals surface area contributed by atoms with E-state index < -0.39 is 51.1 Å². The molecule has 0 saturated heterocycles. The van der Waals surface area contributed by atoms with Crippen molar-refractivity contribution < 1.29 is 47.5 Å². The fourth-order valence-electron chi connectivity index (χ4n) is 6.68. The molecule has 0 radical (unpaired) electrons. The Kier molecular flexibility index (Phi) is 41.2. The van der Waals surface area contributed by atoms with Gasteiger partial charge in [0, 0.05) is 12.8 Å². The van der Waals surface area contributed by atoms with Crippen LogP contribution in [0.25, 0.3) is 0 Å². The molecule has 4 N–H and O–H groups in total. The van der Waals surface area contributed by atoms with Gasteiger partial charge in [-0.25, -0.2) is 4.57 Å². The molecule has 0 aliphatic carbocycles. The largest absolute Gasteiger partial charge is 0.480 e. The molecule has 0 fully saturated rings. The minimum Gasteiger partial charge on any atom is -0.480 e. The molecule has 0 rings (SSSR count). The lowest BCUT2D eigenvalue weighted by molar-refractivity contribution is -0.161. The predicted octanol–water partition coefficient (Wildman–Crippen LogP) is 13.0. The summed E-state index contributed by atoms with van der Waals surface area (Å²) in [5.41, 5.74) is 5.34. The van der Waals surface area contributed by atoms with Crippen LogP contribution in [0.15, 0.2) is 24.3 Å². The van der Waals surface area contributed by atoms with Crippen molar-refractivity contribution in [2.45, 2.75) is 238 Å². The first-order valence-corrected chi connectivity index (χ1v) is 25.4. The summed E-state index contributed by atoms with van der Waals surface area (Å²) in [7, 11) is -4.72. The maximum absolute atomic E-state index is 12.7. The summed E-state index contributed by atoms with van der Waals surface area (Å²) >= 11 is 0. The van der Waals surface area contributed by atoms with Crippen molar-refractivity contribution in [2.75, 3.05) is 19.8 Å². The van der Waals surface area contributed by atoms with Crippen molar-refractivity contribution in [3.05, 3.63) is 24.3 Å². The van der Waals surface area contributed by atoms with Gasteiger partial charge in [0.05, 0.1) is 13.2 Å². The Morgan fingerprint density at radius 1 is 0.525 bits per heavy atom. The van der Waals surface area contributed by atoms with E-state index in [1.54, 1.807) is 0 Å². The summed E-state index contributed by atoms with van der Waals surface area (Å²) in [5.74, 6) is -2.38. The van der Waals surface area contributed by atoms with E-state index in [4.69, 9.17) is 24.8 Å². The third kappa shape index (κ3) is 42.4. The van der Waals surface area contributed by atoms with Crippen LogP contribution >= 0.6 is 7.82 Å². The highest BCUT2D eigenvalue weighted by atomic mass is 31.2. The highest BCUT2D eigenvalue weighted by Crippen LogP contribution is 2.43. The average Bonchev–Trinajstić information content (AvgIpc) is 3.21. The normalized spacial score (nSPS) is 13.8. The van der Waals surface area contributed by atoms with Crippen LogP contribution in [0.1, 0.15) is 226 Å². The summed E-state index contributed by atoms with van der Waals surface area (Å²) in [4.78, 5) is 46.0. The number of ether oxygens (including phenoxy) is 2. The minimum absolute atomic E-state index is 0.163. The third-order valence-electron chi connectivity index (χ3n) is 10.5. The number of carbonyl (C=O) groups is 3. The molecular weight excluding hydrogens is 769 g/mol. The fourth-order valence-corrected chi connectivity index (χ4v) is 7.46. The fraction of sp³-hybridized carbons (Fsp3) is 0.851. The standard InChI is InChI=1S/C47H88NO10P/c1-3-5-7-9-11-13-15-17-19-20-21-22-23-25-27-29-31-33-35-37-39-46(50)58-43(41-56-59(53,54)57-42-44(48)47(51)52)40-55-45(49)38-36-34-32-30-28-26-24-18-16-14-12-10-8-6-4-2/h12,14,18,24,43-44H,3-11,13,15-17,19-23,25-42,48H2,1-2H3,(H,51,52)(H,53,54)/b14-12+,24-18+/t43-,44+/m1/s1. The van der Waals surface area contributed by atoms with E-state index >= 15 is 0 Å². The van der Waals surface area contributed by atoms with Crippen molar-refractivity contribution >= 4 is 25.7 Å². The number of rotatable bonds is 45. The van der Waals surface area contributed by atoms with Gasteiger partial charge in [-0.2, -0.15) is 0 Å². The van der Waals surface area contributed by atoms with Crippen molar-refractivity contribution in [3.63, 3.8) is 0 Å². The van der Waals surface area contributed by atoms with Gasteiger partial charge in [-0.1, -0.05) is 192 Å². The molecule has 0 aliphatic rings. The number of unbranched alkanes of at least 4 members (excludes halogenated alkanes) is 27. The van der Waals surface area contributed by atoms with Crippen molar-refractivity contribution in [2.24, 2.45) is 5.73 Å². The van der Waals surface area contributed by atoms with E-state index in [1.807, 2.05) is 0 Å². The molecule has 12 heteroatoms. The number of esters is 2. The van der Waals surface area contributed by atoms with Crippen molar-refractivity contribution in [3.8, 4) is 0 Å². The number of phosphoric ester groups is 1. The van der Waals surface area contributed by atoms with Crippen molar-refractivity contribution in [1.82, 2.24) is 0 Å². The zero-order valence-corrected chi connectivity index (χ0v) is 38.5. The molecule has 0 aromatic carbocycles. The van der Waals surface area contributed by atoms with Crippen LogP contribution in [-0.4, -0.2) is 59.9 Å². The first-order chi connectivity index (χ1) is 28.6. The molecule has 0 saturated carbocycles. The molecule has 0 bridgehead atoms. The highest BCUT2D eigenvalue weighted by molar-refractivity contribution is 7.47. The van der Waals surface area contributed by atoms with Gasteiger partial charge in [-0.05, 0) is 44.9 Å². The highest BCUT2D eigenvalue weighted by Gasteiger charge is 2.28. The van der Waals surface area contributed by atoms with Gasteiger partial charge in [0.15, 0.2) is 6.10 Å². The zero-order valence-electron chi connectivity index (χ0n) is 37.6. The van der Waals surface area contributed by atoms with Crippen LogP contribution in [0, 0.1) is 0 Å². The van der Waals surface area contributed by atoms with E-state index in [2.05, 4.69) is 42.7 Å². The number of allylic oxidation sites excluding steroid dienone is 4. The van der Waals surface area contributed by atoms with Gasteiger partial charge in [0.2, 0.25) is 0 Å². The second-order valence-electron chi connectivity index (χ2n) is 16.2. The van der Waals surface area contributed by atoms with E-state index in [0.29, 0.717) is 12.8 Å². The zero-order chi connectivity index (χ0) is 43.5. The molecule has 0 aromatic heterocycles. The Hall–Kier alpha value is -2.04. The van der Waals surface area contributed by atoms with Crippen LogP contribution in [0.3, 0.4) is 0 Å². The Balaban J connectivity index is 4.27. The molecule has 346 valence electrons. The Morgan fingerprint density at radius 3 is 1.36 bits per heavy atom. The lowest BCUT2D eigenvalue weighted by Crippen LogP contribution is -2.34. The maximum Gasteiger partial charge on any atom is 0.472 e. The molecule has 11 nitrogen and oxygen atoms in total. The van der Waals surface area contributed by atoms with Gasteiger partial charge >= 0.3 is 25.7 Å². The Morgan fingerprint density at radius 2 is 0.898 bits per heavy atom. The predicted molar refractivity (Wildman–Crippen MR) is 240 cm³/mol. The van der Waals surface area contributed by atoms with Gasteiger partial charge < -0.3 is 25.2 Å². The second-order valence-corrected chi connectivity index (χ2v) is 17.7. The number of carbonyl (C=O) groups excluding carboxylic acids is 2. The smallest absolute Gasteiger partial charge is 0.472 e.